The molecule has 0 radical (unpaired) electrons. The Morgan fingerprint density at radius 3 is 2.53 bits per heavy atom. The first-order valence-electron chi connectivity index (χ1n) is 11.6. The van der Waals surface area contributed by atoms with E-state index in [1.807, 2.05) is 13.0 Å². The summed E-state index contributed by atoms with van der Waals surface area (Å²) in [6, 6.07) is 9.42. The molecule has 2 N–H and O–H groups in total. The summed E-state index contributed by atoms with van der Waals surface area (Å²) in [6.07, 6.45) is 2.92. The summed E-state index contributed by atoms with van der Waals surface area (Å²) in [5.74, 6) is 0.182. The highest BCUT2D eigenvalue weighted by Gasteiger charge is 2.25. The van der Waals surface area contributed by atoms with Crippen LogP contribution in [0.4, 0.5) is 0 Å². The number of hydrogen-bond donors (Lipinski definition) is 2. The maximum Gasteiger partial charge on any atom is 0.266 e. The average molecular weight is 533 g/mol. The van der Waals surface area contributed by atoms with E-state index in [1.54, 1.807) is 16.8 Å². The van der Waals surface area contributed by atoms with Crippen LogP contribution in [0.3, 0.4) is 0 Å². The maximum atomic E-state index is 12.3. The summed E-state index contributed by atoms with van der Waals surface area (Å²) < 4.78 is 29.0. The highest BCUT2D eigenvalue weighted by atomic mass is 35.5. The number of rotatable bonds is 9. The number of hydrogen-bond acceptors (Lipinski definition) is 6. The molecule has 1 atom stereocenters. The lowest BCUT2D eigenvalue weighted by molar-refractivity contribution is 0.228. The van der Waals surface area contributed by atoms with Crippen molar-refractivity contribution in [3.63, 3.8) is 0 Å². The molecule has 2 aliphatic rings. The van der Waals surface area contributed by atoms with Gasteiger partial charge in [-0.15, -0.1) is 24.8 Å². The lowest BCUT2D eigenvalue weighted by Crippen LogP contribution is -2.45. The molecule has 1 fully saturated rings. The van der Waals surface area contributed by atoms with E-state index < -0.39 is 10.0 Å². The second-order valence-electron chi connectivity index (χ2n) is 8.75. The Morgan fingerprint density at radius 1 is 1.06 bits per heavy atom. The highest BCUT2D eigenvalue weighted by Crippen LogP contribution is 2.27. The van der Waals surface area contributed by atoms with E-state index in [4.69, 9.17) is 0 Å². The summed E-state index contributed by atoms with van der Waals surface area (Å²) in [5, 5.41) is 7.95. The van der Waals surface area contributed by atoms with Crippen molar-refractivity contribution in [1.82, 2.24) is 24.7 Å². The Labute approximate surface area is 214 Å². The van der Waals surface area contributed by atoms with Crippen molar-refractivity contribution in [2.75, 3.05) is 38.5 Å². The largest absolute Gasteiger partial charge is 0.314 e. The average Bonchev–Trinajstić information content (AvgIpc) is 3.18. The van der Waals surface area contributed by atoms with E-state index >= 15 is 0 Å². The third-order valence-corrected chi connectivity index (χ3v) is 7.77. The van der Waals surface area contributed by atoms with Crippen molar-refractivity contribution in [3.05, 3.63) is 51.8 Å². The van der Waals surface area contributed by atoms with E-state index in [0.717, 1.165) is 56.0 Å². The molecule has 1 aliphatic carbocycles. The van der Waals surface area contributed by atoms with Crippen LogP contribution in [0.2, 0.25) is 0 Å². The van der Waals surface area contributed by atoms with Gasteiger partial charge in [-0.1, -0.05) is 25.5 Å². The number of piperazine rings is 1. The molecule has 0 saturated carbocycles. The lowest BCUT2D eigenvalue weighted by atomic mass is 10.0. The molecule has 34 heavy (non-hydrogen) atoms. The number of fused-ring (bicyclic) bond motifs is 1. The molecule has 8 nitrogen and oxygen atoms in total. The van der Waals surface area contributed by atoms with E-state index in [2.05, 4.69) is 32.2 Å². The standard InChI is InChI=1S/C23H33N5O3S.2ClH/c1-2-3-14-32(30,31)26-21-16-18-4-5-19(15-20(18)17-21)22-6-7-23(29)28(25-22)13-12-27-10-8-24-9-11-27;;/h4-7,15,21,24,26H,2-3,8-14,16-17H2,1H3;2*1H. The summed E-state index contributed by atoms with van der Waals surface area (Å²) in [4.78, 5) is 14.7. The number of nitrogens with one attached hydrogen (secondary N) is 2. The predicted octanol–water partition coefficient (Wildman–Crippen LogP) is 1.85. The zero-order valence-corrected chi connectivity index (χ0v) is 22.0. The van der Waals surface area contributed by atoms with Gasteiger partial charge in [0.1, 0.15) is 0 Å². The Bertz CT molecular complexity index is 1100. The maximum absolute atomic E-state index is 12.3. The summed E-state index contributed by atoms with van der Waals surface area (Å²) in [6.45, 7) is 7.30. The molecule has 0 amide bonds. The molecule has 1 aromatic heterocycles. The topological polar surface area (TPSA) is 96.3 Å². The van der Waals surface area contributed by atoms with Crippen molar-refractivity contribution in [3.8, 4) is 11.3 Å². The predicted molar refractivity (Wildman–Crippen MR) is 141 cm³/mol. The monoisotopic (exact) mass is 531 g/mol. The van der Waals surface area contributed by atoms with Crippen LogP contribution in [-0.2, 0) is 29.4 Å². The van der Waals surface area contributed by atoms with Gasteiger partial charge in [0.15, 0.2) is 0 Å². The number of aromatic nitrogens is 2. The Kier molecular flexibility index (Phi) is 11.0. The van der Waals surface area contributed by atoms with Gasteiger partial charge in [-0.3, -0.25) is 9.69 Å². The van der Waals surface area contributed by atoms with Gasteiger partial charge in [0, 0.05) is 50.4 Å². The Morgan fingerprint density at radius 2 is 1.79 bits per heavy atom. The first-order chi connectivity index (χ1) is 15.4. The number of unbranched alkanes of at least 4 members (excludes halogenated alkanes) is 1. The van der Waals surface area contributed by atoms with Gasteiger partial charge in [-0.05, 0) is 42.5 Å². The first kappa shape index (κ1) is 28.7. The third kappa shape index (κ3) is 7.50. The fourth-order valence-electron chi connectivity index (χ4n) is 4.44. The first-order valence-corrected chi connectivity index (χ1v) is 13.2. The molecule has 1 aliphatic heterocycles. The van der Waals surface area contributed by atoms with Crippen molar-refractivity contribution in [2.45, 2.75) is 45.2 Å². The third-order valence-electron chi connectivity index (χ3n) is 6.25. The fraction of sp³-hybridized carbons (Fsp3) is 0.565. The zero-order chi connectivity index (χ0) is 22.6. The molecule has 190 valence electrons. The van der Waals surface area contributed by atoms with Crippen LogP contribution >= 0.6 is 24.8 Å². The quantitative estimate of drug-likeness (QED) is 0.512. The highest BCUT2D eigenvalue weighted by molar-refractivity contribution is 7.89. The molecule has 2 aromatic rings. The van der Waals surface area contributed by atoms with Gasteiger partial charge in [-0.25, -0.2) is 17.8 Å². The van der Waals surface area contributed by atoms with Crippen LogP contribution in [0.5, 0.6) is 0 Å². The molecule has 4 rings (SSSR count). The molecular formula is C23H35Cl2N5O3S. The molecule has 1 unspecified atom stereocenters. The smallest absolute Gasteiger partial charge is 0.266 e. The number of halogens is 2. The van der Waals surface area contributed by atoms with Crippen LogP contribution < -0.4 is 15.6 Å². The molecular weight excluding hydrogens is 497 g/mol. The number of benzene rings is 1. The van der Waals surface area contributed by atoms with E-state index in [-0.39, 0.29) is 42.2 Å². The molecule has 1 aromatic carbocycles. The number of nitrogens with zero attached hydrogens (tertiary/aromatic N) is 3. The minimum Gasteiger partial charge on any atom is -0.314 e. The second kappa shape index (κ2) is 13.0. The van der Waals surface area contributed by atoms with Crippen molar-refractivity contribution in [1.29, 1.82) is 0 Å². The minimum atomic E-state index is -3.24. The Balaban J connectivity index is 0.00000204. The van der Waals surface area contributed by atoms with E-state index in [1.165, 1.54) is 5.56 Å². The van der Waals surface area contributed by atoms with Crippen molar-refractivity contribution >= 4 is 34.8 Å². The summed E-state index contributed by atoms with van der Waals surface area (Å²) in [7, 11) is -3.24. The van der Waals surface area contributed by atoms with Gasteiger partial charge in [0.2, 0.25) is 10.0 Å². The molecule has 1 saturated heterocycles. The van der Waals surface area contributed by atoms with Gasteiger partial charge in [0.25, 0.3) is 5.56 Å². The minimum absolute atomic E-state index is 0. The second-order valence-corrected chi connectivity index (χ2v) is 10.6. The van der Waals surface area contributed by atoms with Gasteiger partial charge in [-0.2, -0.15) is 5.10 Å². The van der Waals surface area contributed by atoms with Crippen molar-refractivity contribution in [2.24, 2.45) is 0 Å². The molecule has 11 heteroatoms. The summed E-state index contributed by atoms with van der Waals surface area (Å²) in [5.41, 5.74) is 3.94. The van der Waals surface area contributed by atoms with Gasteiger partial charge >= 0.3 is 0 Å². The van der Waals surface area contributed by atoms with Gasteiger partial charge < -0.3 is 5.32 Å². The Hall–Kier alpha value is -1.49. The van der Waals surface area contributed by atoms with E-state index in [0.29, 0.717) is 25.8 Å². The SMILES string of the molecule is CCCCS(=O)(=O)NC1Cc2ccc(-c3ccc(=O)n(CCN4CCNCC4)n3)cc2C1.Cl.Cl. The molecule has 0 bridgehead atoms. The van der Waals surface area contributed by atoms with Crippen LogP contribution in [0, 0.1) is 0 Å². The van der Waals surface area contributed by atoms with Crippen LogP contribution in [-0.4, -0.2) is 67.6 Å². The lowest BCUT2D eigenvalue weighted by Gasteiger charge is -2.27. The van der Waals surface area contributed by atoms with Crippen molar-refractivity contribution < 1.29 is 8.42 Å². The number of sulfonamides is 1. The van der Waals surface area contributed by atoms with Gasteiger partial charge in [0.05, 0.1) is 18.0 Å². The van der Waals surface area contributed by atoms with E-state index in [9.17, 15) is 13.2 Å². The van der Waals surface area contributed by atoms with Crippen LogP contribution in [0.15, 0.2) is 35.1 Å². The van der Waals surface area contributed by atoms with Crippen LogP contribution in [0.1, 0.15) is 30.9 Å². The molecule has 2 heterocycles. The molecule has 0 spiro atoms. The summed E-state index contributed by atoms with van der Waals surface area (Å²) >= 11 is 0. The fourth-order valence-corrected chi connectivity index (χ4v) is 5.90. The normalized spacial score (nSPS) is 18.1. The zero-order valence-electron chi connectivity index (χ0n) is 19.5. The van der Waals surface area contributed by atoms with Crippen LogP contribution in [0.25, 0.3) is 11.3 Å².